The number of nitrogens with one attached hydrogen (secondary N) is 2. The van der Waals surface area contributed by atoms with Gasteiger partial charge in [-0.15, -0.1) is 0 Å². The van der Waals surface area contributed by atoms with Crippen molar-refractivity contribution in [2.24, 2.45) is 0 Å². The summed E-state index contributed by atoms with van der Waals surface area (Å²) < 4.78 is 10.6. The molecule has 3 aromatic carbocycles. The third-order valence-electron chi connectivity index (χ3n) is 6.31. The molecule has 0 spiro atoms. The Morgan fingerprint density at radius 2 is 1.89 bits per heavy atom. The highest BCUT2D eigenvalue weighted by Crippen LogP contribution is 2.40. The van der Waals surface area contributed by atoms with Crippen molar-refractivity contribution in [3.63, 3.8) is 0 Å². The monoisotopic (exact) mass is 486 g/mol. The Hall–Kier alpha value is -3.71. The Labute approximate surface area is 208 Å². The second-order valence-corrected chi connectivity index (χ2v) is 9.59. The normalized spacial score (nSPS) is 17.7. The van der Waals surface area contributed by atoms with Crippen molar-refractivity contribution in [2.45, 2.75) is 30.2 Å². The zero-order valence-electron chi connectivity index (χ0n) is 19.6. The summed E-state index contributed by atoms with van der Waals surface area (Å²) in [4.78, 5) is 27.3. The van der Waals surface area contributed by atoms with E-state index >= 15 is 0 Å². The molecule has 0 fully saturated rings. The van der Waals surface area contributed by atoms with E-state index in [-0.39, 0.29) is 17.9 Å². The Bertz CT molecular complexity index is 1330. The van der Waals surface area contributed by atoms with Gasteiger partial charge in [0.1, 0.15) is 0 Å². The van der Waals surface area contributed by atoms with Crippen LogP contribution in [0.4, 0.5) is 5.69 Å². The second-order valence-electron chi connectivity index (χ2n) is 8.51. The predicted octanol–water partition coefficient (Wildman–Crippen LogP) is 5.60. The lowest BCUT2D eigenvalue weighted by atomic mass is 9.87. The van der Waals surface area contributed by atoms with Crippen LogP contribution >= 0.6 is 11.8 Å². The number of methoxy groups -OCH3 is 2. The van der Waals surface area contributed by atoms with E-state index < -0.39 is 0 Å². The molecule has 7 heteroatoms. The van der Waals surface area contributed by atoms with Gasteiger partial charge in [0.25, 0.3) is 11.8 Å². The van der Waals surface area contributed by atoms with Crippen LogP contribution in [0.1, 0.15) is 45.9 Å². The zero-order chi connectivity index (χ0) is 24.4. The maximum atomic E-state index is 13.0. The largest absolute Gasteiger partial charge is 0.493 e. The minimum atomic E-state index is -0.212. The highest BCUT2D eigenvalue weighted by Gasteiger charge is 2.25. The van der Waals surface area contributed by atoms with Crippen molar-refractivity contribution in [1.82, 2.24) is 5.32 Å². The molecule has 0 saturated heterocycles. The lowest BCUT2D eigenvalue weighted by Crippen LogP contribution is -2.31. The van der Waals surface area contributed by atoms with Crippen LogP contribution in [-0.2, 0) is 11.2 Å². The summed E-state index contributed by atoms with van der Waals surface area (Å²) in [5.41, 5.74) is 4.49. The standard InChI is InChI=1S/C28H26N2O4S/c1-33-23-12-10-17(14-24(23)34-2)15-26-28(32)30-22-16-19(11-13-25(22)35-26)27(31)29-21-9-5-7-18-6-3-4-8-20(18)21/h3-4,6,8,10-16,21H,5,7,9H2,1-2H3,(H,29,31)(H,30,32). The number of ether oxygens (including phenoxy) is 2. The highest BCUT2D eigenvalue weighted by atomic mass is 32.2. The van der Waals surface area contributed by atoms with Crippen molar-refractivity contribution in [3.8, 4) is 11.5 Å². The summed E-state index contributed by atoms with van der Waals surface area (Å²) in [5, 5.41) is 6.11. The summed E-state index contributed by atoms with van der Waals surface area (Å²) >= 11 is 1.38. The van der Waals surface area contributed by atoms with Gasteiger partial charge in [0.05, 0.1) is 30.9 Å². The first kappa shape index (κ1) is 23.1. The fourth-order valence-electron chi connectivity index (χ4n) is 4.54. The number of rotatable bonds is 5. The molecule has 3 aromatic rings. The molecule has 1 aliphatic heterocycles. The number of aryl methyl sites for hydroxylation is 1. The maximum Gasteiger partial charge on any atom is 0.262 e. The Kier molecular flexibility index (Phi) is 6.51. The molecule has 178 valence electrons. The van der Waals surface area contributed by atoms with Gasteiger partial charge in [0.2, 0.25) is 0 Å². The maximum absolute atomic E-state index is 13.0. The number of carbonyl (C=O) groups excluding carboxylic acids is 2. The average molecular weight is 487 g/mol. The smallest absolute Gasteiger partial charge is 0.262 e. The van der Waals surface area contributed by atoms with Gasteiger partial charge in [-0.1, -0.05) is 42.1 Å². The summed E-state index contributed by atoms with van der Waals surface area (Å²) in [6.07, 6.45) is 4.83. The van der Waals surface area contributed by atoms with E-state index in [0.717, 1.165) is 29.7 Å². The molecule has 35 heavy (non-hydrogen) atoms. The van der Waals surface area contributed by atoms with Crippen molar-refractivity contribution in [2.75, 3.05) is 19.5 Å². The van der Waals surface area contributed by atoms with Gasteiger partial charge in [-0.05, 0) is 72.4 Å². The van der Waals surface area contributed by atoms with Crippen LogP contribution in [-0.4, -0.2) is 26.0 Å². The van der Waals surface area contributed by atoms with Crippen LogP contribution in [0.3, 0.4) is 0 Å². The first-order valence-corrected chi connectivity index (χ1v) is 12.3. The molecule has 0 saturated carbocycles. The third-order valence-corrected chi connectivity index (χ3v) is 7.41. The van der Waals surface area contributed by atoms with Crippen LogP contribution in [0.15, 0.2) is 70.5 Å². The molecule has 2 amide bonds. The SMILES string of the molecule is COc1ccc(C=C2Sc3ccc(C(=O)NC4CCCc5ccccc54)cc3NC2=O)cc1OC. The molecule has 0 aromatic heterocycles. The van der Waals surface area contributed by atoms with E-state index in [9.17, 15) is 9.59 Å². The third kappa shape index (κ3) is 4.77. The number of amides is 2. The van der Waals surface area contributed by atoms with Gasteiger partial charge in [-0.25, -0.2) is 0 Å². The molecule has 2 N–H and O–H groups in total. The quantitative estimate of drug-likeness (QED) is 0.460. The lowest BCUT2D eigenvalue weighted by Gasteiger charge is -2.26. The molecule has 0 bridgehead atoms. The molecule has 1 unspecified atom stereocenters. The Balaban J connectivity index is 1.34. The van der Waals surface area contributed by atoms with E-state index in [1.165, 1.54) is 22.9 Å². The zero-order valence-corrected chi connectivity index (χ0v) is 20.4. The van der Waals surface area contributed by atoms with Gasteiger partial charge >= 0.3 is 0 Å². The minimum Gasteiger partial charge on any atom is -0.493 e. The van der Waals surface area contributed by atoms with Gasteiger partial charge < -0.3 is 20.1 Å². The van der Waals surface area contributed by atoms with Crippen LogP contribution < -0.4 is 20.1 Å². The van der Waals surface area contributed by atoms with Crippen LogP contribution in [0.25, 0.3) is 6.08 Å². The Morgan fingerprint density at radius 3 is 2.71 bits per heavy atom. The Morgan fingerprint density at radius 1 is 1.06 bits per heavy atom. The van der Waals surface area contributed by atoms with Gasteiger partial charge in [-0.3, -0.25) is 9.59 Å². The van der Waals surface area contributed by atoms with Gasteiger partial charge in [0, 0.05) is 10.5 Å². The molecular formula is C28H26N2O4S. The van der Waals surface area contributed by atoms with E-state index in [4.69, 9.17) is 9.47 Å². The summed E-state index contributed by atoms with van der Waals surface area (Å²) in [6.45, 7) is 0. The van der Waals surface area contributed by atoms with Crippen LogP contribution in [0.5, 0.6) is 11.5 Å². The first-order valence-electron chi connectivity index (χ1n) is 11.5. The number of anilines is 1. The number of hydrogen-bond donors (Lipinski definition) is 2. The number of thioether (sulfide) groups is 1. The van der Waals surface area contributed by atoms with E-state index in [1.807, 2.05) is 36.4 Å². The van der Waals surface area contributed by atoms with Crippen molar-refractivity contribution in [3.05, 3.63) is 87.8 Å². The molecule has 5 rings (SSSR count). The predicted molar refractivity (Wildman–Crippen MR) is 138 cm³/mol. The lowest BCUT2D eigenvalue weighted by molar-refractivity contribution is -0.112. The molecule has 6 nitrogen and oxygen atoms in total. The van der Waals surface area contributed by atoms with Crippen molar-refractivity contribution >= 4 is 35.3 Å². The van der Waals surface area contributed by atoms with Crippen molar-refractivity contribution in [1.29, 1.82) is 0 Å². The minimum absolute atomic E-state index is 0.00322. The molecule has 1 heterocycles. The highest BCUT2D eigenvalue weighted by molar-refractivity contribution is 8.04. The van der Waals surface area contributed by atoms with Crippen LogP contribution in [0.2, 0.25) is 0 Å². The molecule has 1 atom stereocenters. The number of benzene rings is 3. The van der Waals surface area contributed by atoms with Crippen molar-refractivity contribution < 1.29 is 19.1 Å². The van der Waals surface area contributed by atoms with Crippen LogP contribution in [0, 0.1) is 0 Å². The number of hydrogen-bond acceptors (Lipinski definition) is 5. The molecule has 0 radical (unpaired) electrons. The van der Waals surface area contributed by atoms with Gasteiger partial charge in [-0.2, -0.15) is 0 Å². The van der Waals surface area contributed by atoms with E-state index in [2.05, 4.69) is 22.8 Å². The summed E-state index contributed by atoms with van der Waals surface area (Å²) in [7, 11) is 3.16. The fourth-order valence-corrected chi connectivity index (χ4v) is 5.47. The van der Waals surface area contributed by atoms with E-state index in [0.29, 0.717) is 27.7 Å². The number of carbonyl (C=O) groups is 2. The summed E-state index contributed by atoms with van der Waals surface area (Å²) in [6, 6.07) is 19.2. The van der Waals surface area contributed by atoms with E-state index in [1.54, 1.807) is 32.4 Å². The second kappa shape index (κ2) is 9.88. The topological polar surface area (TPSA) is 76.7 Å². The molecule has 1 aliphatic carbocycles. The fraction of sp³-hybridized carbons (Fsp3) is 0.214. The van der Waals surface area contributed by atoms with Gasteiger partial charge in [0.15, 0.2) is 11.5 Å². The first-order chi connectivity index (χ1) is 17.1. The number of fused-ring (bicyclic) bond motifs is 2. The molecular weight excluding hydrogens is 460 g/mol. The average Bonchev–Trinajstić information content (AvgIpc) is 2.89. The summed E-state index contributed by atoms with van der Waals surface area (Å²) in [5.74, 6) is 0.874. The molecule has 2 aliphatic rings.